The minimum absolute atomic E-state index is 1.09. The van der Waals surface area contributed by atoms with E-state index in [-0.39, 0.29) is 0 Å². The molecule has 12 aromatic rings. The highest BCUT2D eigenvalue weighted by atomic mass is 32.1. The number of hydrogen-bond acceptors (Lipinski definition) is 2. The molecular weight excluding hydrogens is 781 g/mol. The van der Waals surface area contributed by atoms with Crippen LogP contribution in [0.5, 0.6) is 0 Å². The van der Waals surface area contributed by atoms with Crippen molar-refractivity contribution in [1.29, 1.82) is 0 Å². The third-order valence-electron chi connectivity index (χ3n) is 12.3. The Bertz CT molecular complexity index is 3560. The molecule has 0 unspecified atom stereocenters. The van der Waals surface area contributed by atoms with Gasteiger partial charge in [0.15, 0.2) is 0 Å². The topological polar surface area (TPSA) is 8.17 Å². The number of nitrogens with zero attached hydrogens (tertiary/aromatic N) is 2. The summed E-state index contributed by atoms with van der Waals surface area (Å²) in [5.74, 6) is 0. The van der Waals surface area contributed by atoms with Crippen LogP contribution < -0.4 is 4.90 Å². The highest BCUT2D eigenvalue weighted by Gasteiger charge is 2.19. The molecule has 0 atom stereocenters. The Morgan fingerprint density at radius 1 is 0.286 bits per heavy atom. The van der Waals surface area contributed by atoms with E-state index in [9.17, 15) is 0 Å². The lowest BCUT2D eigenvalue weighted by Gasteiger charge is -2.27. The van der Waals surface area contributed by atoms with E-state index in [0.29, 0.717) is 0 Å². The van der Waals surface area contributed by atoms with Crippen molar-refractivity contribution in [1.82, 2.24) is 4.57 Å². The Labute approximate surface area is 370 Å². The van der Waals surface area contributed by atoms with Crippen molar-refractivity contribution < 1.29 is 0 Å². The second-order valence-electron chi connectivity index (χ2n) is 16.1. The van der Waals surface area contributed by atoms with Crippen LogP contribution in [0.1, 0.15) is 0 Å². The average Bonchev–Trinajstić information content (AvgIpc) is 3.90. The minimum atomic E-state index is 1.09. The van der Waals surface area contributed by atoms with Crippen LogP contribution in [0.3, 0.4) is 0 Å². The predicted molar refractivity (Wildman–Crippen MR) is 270 cm³/mol. The number of benzene rings is 10. The second kappa shape index (κ2) is 15.5. The van der Waals surface area contributed by atoms with E-state index in [1.807, 2.05) is 11.3 Å². The zero-order valence-corrected chi connectivity index (χ0v) is 35.2. The van der Waals surface area contributed by atoms with Crippen LogP contribution in [0.2, 0.25) is 0 Å². The molecule has 3 heteroatoms. The number of anilines is 3. The van der Waals surface area contributed by atoms with Gasteiger partial charge in [-0.05, 0) is 129 Å². The van der Waals surface area contributed by atoms with Crippen LogP contribution in [-0.4, -0.2) is 4.57 Å². The molecule has 10 aromatic carbocycles. The third-order valence-corrected chi connectivity index (χ3v) is 13.5. The van der Waals surface area contributed by atoms with Crippen LogP contribution in [0.15, 0.2) is 243 Å². The first kappa shape index (κ1) is 36.8. The first-order valence-corrected chi connectivity index (χ1v) is 22.3. The van der Waals surface area contributed by atoms with E-state index in [0.717, 1.165) is 22.6 Å². The lowest BCUT2D eigenvalue weighted by atomic mass is 9.93. The molecule has 0 saturated heterocycles. The number of rotatable bonds is 8. The van der Waals surface area contributed by atoms with Crippen molar-refractivity contribution in [3.05, 3.63) is 243 Å². The van der Waals surface area contributed by atoms with Gasteiger partial charge in [-0.1, -0.05) is 158 Å². The summed E-state index contributed by atoms with van der Waals surface area (Å²) in [5.41, 5.74) is 16.3. The molecule has 2 heterocycles. The lowest BCUT2D eigenvalue weighted by molar-refractivity contribution is 1.19. The average molecular weight is 821 g/mol. The van der Waals surface area contributed by atoms with Crippen molar-refractivity contribution >= 4 is 70.4 Å². The fourth-order valence-electron chi connectivity index (χ4n) is 9.43. The zero-order valence-electron chi connectivity index (χ0n) is 34.4. The van der Waals surface area contributed by atoms with Gasteiger partial charge in [0.2, 0.25) is 0 Å². The minimum Gasteiger partial charge on any atom is -0.310 e. The normalized spacial score (nSPS) is 11.5. The van der Waals surface area contributed by atoms with Crippen LogP contribution in [0.25, 0.3) is 92.2 Å². The molecule has 0 amide bonds. The van der Waals surface area contributed by atoms with Crippen molar-refractivity contribution in [3.63, 3.8) is 0 Å². The summed E-state index contributed by atoms with van der Waals surface area (Å²) in [7, 11) is 0. The van der Waals surface area contributed by atoms with Gasteiger partial charge in [-0.25, -0.2) is 0 Å². The number of para-hydroxylation sites is 2. The summed E-state index contributed by atoms with van der Waals surface area (Å²) >= 11 is 1.86. The summed E-state index contributed by atoms with van der Waals surface area (Å²) in [5, 5.41) is 5.10. The Morgan fingerprint density at radius 2 is 0.825 bits per heavy atom. The van der Waals surface area contributed by atoms with E-state index >= 15 is 0 Å². The maximum Gasteiger partial charge on any atom is 0.0541 e. The smallest absolute Gasteiger partial charge is 0.0541 e. The van der Waals surface area contributed by atoms with Gasteiger partial charge in [0.05, 0.1) is 11.0 Å². The van der Waals surface area contributed by atoms with Crippen LogP contribution in [-0.2, 0) is 0 Å². The van der Waals surface area contributed by atoms with Crippen molar-refractivity contribution in [3.8, 4) is 50.2 Å². The quantitative estimate of drug-likeness (QED) is 0.148. The number of hydrogen-bond donors (Lipinski definition) is 0. The Balaban J connectivity index is 0.988. The molecule has 0 bridgehead atoms. The van der Waals surface area contributed by atoms with Crippen molar-refractivity contribution in [2.24, 2.45) is 0 Å². The third kappa shape index (κ3) is 6.58. The molecule has 0 aliphatic carbocycles. The number of fused-ring (bicyclic) bond motifs is 6. The molecule has 0 saturated carbocycles. The molecule has 2 aromatic heterocycles. The molecule has 296 valence electrons. The van der Waals surface area contributed by atoms with Gasteiger partial charge in [0.1, 0.15) is 0 Å². The Kier molecular flexibility index (Phi) is 9.06. The van der Waals surface area contributed by atoms with E-state index in [1.54, 1.807) is 0 Å². The molecule has 12 rings (SSSR count). The molecule has 0 aliphatic rings. The van der Waals surface area contributed by atoms with E-state index < -0.39 is 0 Å². The standard InChI is InChI=1S/C60H40N2S/c1-4-17-41(18-5-1)45-35-46(42-19-6-2-7-20-42)38-50(37-45)61(47-22-8-3-9-23-47)48-24-16-21-43(36-48)51-25-10-11-26-52(51)44-31-33-58-55(39-44)53-27-12-14-29-57(53)62(58)49-32-34-60-56(40-49)54-28-13-15-30-59(54)63-60/h1-40H. The summed E-state index contributed by atoms with van der Waals surface area (Å²) < 4.78 is 5.07. The highest BCUT2D eigenvalue weighted by Crippen LogP contribution is 2.43. The van der Waals surface area contributed by atoms with E-state index in [1.165, 1.54) is 86.6 Å². The maximum absolute atomic E-state index is 2.43. The second-order valence-corrected chi connectivity index (χ2v) is 17.2. The monoisotopic (exact) mass is 820 g/mol. The molecule has 0 radical (unpaired) electrons. The number of thiophene rings is 1. The van der Waals surface area contributed by atoms with Gasteiger partial charge in [-0.15, -0.1) is 11.3 Å². The Morgan fingerprint density at radius 3 is 1.56 bits per heavy atom. The van der Waals surface area contributed by atoms with Gasteiger partial charge >= 0.3 is 0 Å². The summed E-state index contributed by atoms with van der Waals surface area (Å²) in [6.07, 6.45) is 0. The fourth-order valence-corrected chi connectivity index (χ4v) is 10.5. The Hall–Kier alpha value is -7.98. The first-order valence-electron chi connectivity index (χ1n) is 21.5. The molecule has 0 N–H and O–H groups in total. The zero-order chi connectivity index (χ0) is 41.7. The molecule has 0 spiro atoms. The van der Waals surface area contributed by atoms with Gasteiger partial charge in [-0.2, -0.15) is 0 Å². The van der Waals surface area contributed by atoms with Gasteiger partial charge < -0.3 is 9.47 Å². The maximum atomic E-state index is 2.43. The lowest BCUT2D eigenvalue weighted by Crippen LogP contribution is -2.10. The molecule has 0 fully saturated rings. The number of aromatic nitrogens is 1. The van der Waals surface area contributed by atoms with Gasteiger partial charge in [-0.3, -0.25) is 0 Å². The SMILES string of the molecule is c1ccc(-c2cc(-c3ccccc3)cc(N(c3ccccc3)c3cccc(-c4ccccc4-c4ccc5c(c4)c4ccccc4n5-c4ccc5sc6ccccc6c5c4)c3)c2)cc1. The summed E-state index contributed by atoms with van der Waals surface area (Å²) in [6.45, 7) is 0. The van der Waals surface area contributed by atoms with Crippen LogP contribution in [0, 0.1) is 0 Å². The van der Waals surface area contributed by atoms with Crippen molar-refractivity contribution in [2.75, 3.05) is 4.90 Å². The summed E-state index contributed by atoms with van der Waals surface area (Å²) in [6, 6.07) is 88.4. The molecule has 0 aliphatic heterocycles. The van der Waals surface area contributed by atoms with Gasteiger partial charge in [0, 0.05) is 53.7 Å². The van der Waals surface area contributed by atoms with E-state index in [2.05, 4.69) is 252 Å². The molecule has 2 nitrogen and oxygen atoms in total. The fraction of sp³-hybridized carbons (Fsp3) is 0. The highest BCUT2D eigenvalue weighted by molar-refractivity contribution is 7.25. The van der Waals surface area contributed by atoms with Crippen LogP contribution >= 0.6 is 11.3 Å². The first-order chi connectivity index (χ1) is 31.2. The van der Waals surface area contributed by atoms with Crippen molar-refractivity contribution in [2.45, 2.75) is 0 Å². The molecule has 63 heavy (non-hydrogen) atoms. The van der Waals surface area contributed by atoms with Gasteiger partial charge in [0.25, 0.3) is 0 Å². The largest absolute Gasteiger partial charge is 0.310 e. The van der Waals surface area contributed by atoms with E-state index in [4.69, 9.17) is 0 Å². The predicted octanol–water partition coefficient (Wildman–Crippen LogP) is 17.3. The van der Waals surface area contributed by atoms with Crippen LogP contribution in [0.4, 0.5) is 17.1 Å². The summed E-state index contributed by atoms with van der Waals surface area (Å²) in [4.78, 5) is 2.39. The molecular formula is C60H40N2S.